The van der Waals surface area contributed by atoms with Crippen molar-refractivity contribution in [2.24, 2.45) is 0 Å². The molecule has 1 amide bonds. The molecule has 7 heteroatoms. The number of amides is 1. The van der Waals surface area contributed by atoms with E-state index in [0.29, 0.717) is 19.1 Å². The first-order valence-electron chi connectivity index (χ1n) is 12.1. The van der Waals surface area contributed by atoms with E-state index < -0.39 is 15.6 Å². The number of piperidine rings is 1. The zero-order valence-electron chi connectivity index (χ0n) is 20.3. The second kappa shape index (κ2) is 10.9. The number of hydrogen-bond acceptors (Lipinski definition) is 5. The summed E-state index contributed by atoms with van der Waals surface area (Å²) < 4.78 is 23.5. The molecule has 1 unspecified atom stereocenters. The number of likely N-dealkylation sites (tertiary alicyclic amines) is 1. The van der Waals surface area contributed by atoms with Crippen LogP contribution in [0.5, 0.6) is 0 Å². The molecule has 2 aliphatic rings. The predicted molar refractivity (Wildman–Crippen MR) is 138 cm³/mol. The fraction of sp³-hybridized carbons (Fsp3) is 0.481. The highest BCUT2D eigenvalue weighted by atomic mass is 32.2. The first-order chi connectivity index (χ1) is 16.4. The minimum absolute atomic E-state index is 0.107. The summed E-state index contributed by atoms with van der Waals surface area (Å²) in [5, 5.41) is 2.88. The van der Waals surface area contributed by atoms with Crippen molar-refractivity contribution in [1.82, 2.24) is 4.90 Å². The van der Waals surface area contributed by atoms with Gasteiger partial charge in [-0.25, -0.2) is 4.79 Å². The van der Waals surface area contributed by atoms with Crippen molar-refractivity contribution in [3.05, 3.63) is 59.2 Å². The number of nitrogens with zero attached hydrogens (tertiary/aromatic N) is 1. The fourth-order valence-electron chi connectivity index (χ4n) is 5.06. The van der Waals surface area contributed by atoms with Crippen LogP contribution in [-0.2, 0) is 25.5 Å². The van der Waals surface area contributed by atoms with Crippen LogP contribution >= 0.6 is 0 Å². The molecule has 1 atom stereocenters. The highest BCUT2D eigenvalue weighted by molar-refractivity contribution is 8.00. The lowest BCUT2D eigenvalue weighted by molar-refractivity contribution is 0.0991. The number of nitrogens with one attached hydrogen (secondary N) is 1. The van der Waals surface area contributed by atoms with Gasteiger partial charge in [-0.3, -0.25) is 14.4 Å². The van der Waals surface area contributed by atoms with Gasteiger partial charge in [-0.15, -0.1) is 0 Å². The molecule has 2 heterocycles. The van der Waals surface area contributed by atoms with Gasteiger partial charge in [-0.2, -0.15) is 0 Å². The smallest absolute Gasteiger partial charge is 0.411 e. The van der Waals surface area contributed by atoms with Gasteiger partial charge in [0, 0.05) is 35.6 Å². The average molecular weight is 485 g/mol. The Morgan fingerprint density at radius 3 is 2.44 bits per heavy atom. The topological polar surface area (TPSA) is 67.9 Å². The molecule has 2 saturated heterocycles. The quantitative estimate of drug-likeness (QED) is 0.596. The van der Waals surface area contributed by atoms with E-state index in [-0.39, 0.29) is 5.25 Å². The zero-order chi connectivity index (χ0) is 24.1. The molecule has 1 N–H and O–H groups in total. The zero-order valence-corrected chi connectivity index (χ0v) is 21.1. The van der Waals surface area contributed by atoms with Gasteiger partial charge in [0.2, 0.25) is 0 Å². The van der Waals surface area contributed by atoms with Crippen LogP contribution in [0.15, 0.2) is 47.4 Å². The number of anilines is 1. The summed E-state index contributed by atoms with van der Waals surface area (Å²) in [5.41, 5.74) is 4.57. The molecule has 0 aliphatic carbocycles. The minimum Gasteiger partial charge on any atom is -0.453 e. The molecule has 2 aromatic rings. The standard InChI is InChI=1S/C27H36N2O4S/c1-20-4-7-23(28-27(30)32-2)18-26(20)22-10-14-29(15-11-22)19-21-5-8-24(9-6-21)34(3,31)25-12-16-33-17-13-25/h4-9,18,22,25H,3,10-17,19H2,1-2H3,(H,28,30). The maximum absolute atomic E-state index is 13.3. The molecule has 184 valence electrons. The molecular weight excluding hydrogens is 448 g/mol. The number of methoxy groups -OCH3 is 1. The van der Waals surface area contributed by atoms with Crippen LogP contribution in [0.1, 0.15) is 48.3 Å². The van der Waals surface area contributed by atoms with Crippen LogP contribution in [0.3, 0.4) is 0 Å². The second-order valence-electron chi connectivity index (χ2n) is 9.42. The van der Waals surface area contributed by atoms with E-state index in [1.165, 1.54) is 23.8 Å². The number of rotatable bonds is 6. The summed E-state index contributed by atoms with van der Waals surface area (Å²) in [6.45, 7) is 6.43. The number of ether oxygens (including phenoxy) is 2. The molecule has 0 bridgehead atoms. The summed E-state index contributed by atoms with van der Waals surface area (Å²) >= 11 is 0. The van der Waals surface area contributed by atoms with E-state index in [0.717, 1.165) is 55.9 Å². The van der Waals surface area contributed by atoms with Crippen LogP contribution in [0.25, 0.3) is 0 Å². The summed E-state index contributed by atoms with van der Waals surface area (Å²) in [7, 11) is -0.922. The van der Waals surface area contributed by atoms with Gasteiger partial charge in [0.1, 0.15) is 0 Å². The molecule has 2 fully saturated rings. The summed E-state index contributed by atoms with van der Waals surface area (Å²) in [6.07, 6.45) is 3.35. The number of aryl methyl sites for hydroxylation is 1. The van der Waals surface area contributed by atoms with E-state index in [4.69, 9.17) is 9.47 Å². The minimum atomic E-state index is -2.29. The van der Waals surface area contributed by atoms with Crippen molar-refractivity contribution in [3.63, 3.8) is 0 Å². The molecule has 2 aromatic carbocycles. The van der Waals surface area contributed by atoms with Crippen LogP contribution in [-0.4, -0.2) is 59.7 Å². The lowest BCUT2D eigenvalue weighted by Gasteiger charge is -2.33. The lowest BCUT2D eigenvalue weighted by atomic mass is 9.86. The van der Waals surface area contributed by atoms with Gasteiger partial charge in [0.15, 0.2) is 0 Å². The second-order valence-corrected chi connectivity index (χ2v) is 12.0. The van der Waals surface area contributed by atoms with E-state index in [9.17, 15) is 9.00 Å². The van der Waals surface area contributed by atoms with E-state index in [1.54, 1.807) is 0 Å². The molecule has 0 spiro atoms. The maximum atomic E-state index is 13.3. The van der Waals surface area contributed by atoms with Crippen LogP contribution < -0.4 is 5.32 Å². The Balaban J connectivity index is 1.34. The van der Waals surface area contributed by atoms with E-state index >= 15 is 0 Å². The molecule has 0 saturated carbocycles. The molecule has 4 rings (SSSR count). The Morgan fingerprint density at radius 1 is 1.12 bits per heavy atom. The normalized spacial score (nSPS) is 19.9. The molecule has 0 radical (unpaired) electrons. The summed E-state index contributed by atoms with van der Waals surface area (Å²) in [4.78, 5) is 14.9. The Morgan fingerprint density at radius 2 is 1.79 bits per heavy atom. The van der Waals surface area contributed by atoms with Crippen molar-refractivity contribution in [2.45, 2.75) is 55.2 Å². The first-order valence-corrected chi connectivity index (χ1v) is 13.9. The number of carbonyl (C=O) groups excluding carboxylic acids is 1. The van der Waals surface area contributed by atoms with Crippen molar-refractivity contribution >= 4 is 27.2 Å². The molecule has 2 aliphatic heterocycles. The predicted octanol–water partition coefficient (Wildman–Crippen LogP) is 4.81. The van der Waals surface area contributed by atoms with Gasteiger partial charge >= 0.3 is 6.09 Å². The monoisotopic (exact) mass is 484 g/mol. The third kappa shape index (κ3) is 5.82. The Hall–Kier alpha value is -2.35. The Labute approximate surface area is 203 Å². The Bertz CT molecular complexity index is 1080. The number of hydrogen-bond donors (Lipinski definition) is 1. The van der Waals surface area contributed by atoms with Gasteiger partial charge < -0.3 is 9.47 Å². The van der Waals surface area contributed by atoms with Crippen molar-refractivity contribution in [2.75, 3.05) is 38.7 Å². The Kier molecular flexibility index (Phi) is 7.96. The summed E-state index contributed by atoms with van der Waals surface area (Å²) in [6, 6.07) is 14.3. The highest BCUT2D eigenvalue weighted by Crippen LogP contribution is 2.33. The van der Waals surface area contributed by atoms with E-state index in [2.05, 4.69) is 47.3 Å². The third-order valence-corrected chi connectivity index (χ3v) is 9.79. The first kappa shape index (κ1) is 24.8. The maximum Gasteiger partial charge on any atom is 0.411 e. The van der Waals surface area contributed by atoms with Crippen molar-refractivity contribution in [3.8, 4) is 0 Å². The third-order valence-electron chi connectivity index (χ3n) is 7.17. The van der Waals surface area contributed by atoms with Gasteiger partial charge in [-0.1, -0.05) is 18.2 Å². The van der Waals surface area contributed by atoms with Crippen molar-refractivity contribution in [1.29, 1.82) is 0 Å². The molecule has 0 aromatic heterocycles. The van der Waals surface area contributed by atoms with Gasteiger partial charge in [0.05, 0.1) is 7.11 Å². The van der Waals surface area contributed by atoms with Crippen LogP contribution in [0.2, 0.25) is 0 Å². The fourth-order valence-corrected chi connectivity index (χ4v) is 7.00. The average Bonchev–Trinajstić information content (AvgIpc) is 2.86. The molecular formula is C27H36N2O4S. The molecule has 34 heavy (non-hydrogen) atoms. The van der Waals surface area contributed by atoms with E-state index in [1.807, 2.05) is 18.2 Å². The van der Waals surface area contributed by atoms with Gasteiger partial charge in [0.25, 0.3) is 0 Å². The van der Waals surface area contributed by atoms with Crippen molar-refractivity contribution < 1.29 is 18.5 Å². The molecule has 6 nitrogen and oxygen atoms in total. The number of carbonyl (C=O) groups is 1. The van der Waals surface area contributed by atoms with Crippen LogP contribution in [0, 0.1) is 6.92 Å². The van der Waals surface area contributed by atoms with Gasteiger partial charge in [-0.05, 0) is 108 Å². The van der Waals surface area contributed by atoms with Crippen LogP contribution in [0.4, 0.5) is 10.5 Å². The summed E-state index contributed by atoms with van der Waals surface area (Å²) in [5.74, 6) is 4.59. The lowest BCUT2D eigenvalue weighted by Crippen LogP contribution is -2.32. The highest BCUT2D eigenvalue weighted by Gasteiger charge is 2.25. The largest absolute Gasteiger partial charge is 0.453 e. The SMILES string of the molecule is C=S(=O)(c1ccc(CN2CCC(c3cc(NC(=O)OC)ccc3C)CC2)cc1)C1CCOCC1. The number of benzene rings is 2.